The summed E-state index contributed by atoms with van der Waals surface area (Å²) in [6.45, 7) is 4.66. The number of H-pyrrole nitrogens is 1. The average Bonchev–Trinajstić information content (AvgIpc) is 3.07. The lowest BCUT2D eigenvalue weighted by atomic mass is 10.2. The zero-order valence-electron chi connectivity index (χ0n) is 16.0. The van der Waals surface area contributed by atoms with E-state index >= 15 is 0 Å². The van der Waals surface area contributed by atoms with E-state index in [1.54, 1.807) is 16.9 Å². The van der Waals surface area contributed by atoms with Crippen molar-refractivity contribution in [2.45, 2.75) is 30.2 Å². The molecule has 156 valence electrons. The van der Waals surface area contributed by atoms with Crippen molar-refractivity contribution >= 4 is 43.2 Å². The molecule has 0 atom stereocenters. The highest BCUT2D eigenvalue weighted by molar-refractivity contribution is 7.91. The molecular weight excluding hydrogens is 432 g/mol. The van der Waals surface area contributed by atoms with Crippen molar-refractivity contribution in [3.05, 3.63) is 62.4 Å². The van der Waals surface area contributed by atoms with Crippen LogP contribution in [-0.4, -0.2) is 33.1 Å². The van der Waals surface area contributed by atoms with Crippen LogP contribution >= 0.6 is 11.6 Å². The fourth-order valence-electron chi connectivity index (χ4n) is 3.31. The molecule has 0 aliphatic carbocycles. The van der Waals surface area contributed by atoms with Crippen LogP contribution in [0.5, 0.6) is 0 Å². The molecule has 0 saturated carbocycles. The Bertz CT molecular complexity index is 1530. The van der Waals surface area contributed by atoms with Crippen molar-refractivity contribution in [3.63, 3.8) is 0 Å². The Morgan fingerprint density at radius 3 is 2.63 bits per heavy atom. The van der Waals surface area contributed by atoms with Gasteiger partial charge in [0.15, 0.2) is 0 Å². The third-order valence-corrected chi connectivity index (χ3v) is 6.81. The first-order chi connectivity index (χ1) is 14.1. The summed E-state index contributed by atoms with van der Waals surface area (Å²) < 4.78 is 28.4. The molecule has 0 radical (unpaired) electrons. The standard InChI is InChI=1S/C19H17ClN4O5S/c1-10(2)9-23-14-7-12(4-3-11(14)8-21-23)30(28,29)15-6-5-13(20)16-17(15)22-19(26)24(27)18(16)25/h3-8,10,27H,9H2,1-2H3,(H,22,26). The smallest absolute Gasteiger partial charge is 0.362 e. The van der Waals surface area contributed by atoms with Crippen molar-refractivity contribution in [1.29, 1.82) is 0 Å². The van der Waals surface area contributed by atoms with Gasteiger partial charge in [-0.15, -0.1) is 0 Å². The van der Waals surface area contributed by atoms with E-state index in [4.69, 9.17) is 11.6 Å². The third kappa shape index (κ3) is 3.08. The molecule has 0 saturated heterocycles. The molecule has 11 heteroatoms. The van der Waals surface area contributed by atoms with Crippen LogP contribution in [0.2, 0.25) is 5.02 Å². The molecule has 2 N–H and O–H groups in total. The SMILES string of the molecule is CC(C)Cn1ncc2ccc(S(=O)(=O)c3ccc(Cl)c4c(=O)n(O)c(=O)[nH]c34)cc21. The number of rotatable bonds is 4. The van der Waals surface area contributed by atoms with E-state index in [1.165, 1.54) is 24.3 Å². The number of aromatic amines is 1. The van der Waals surface area contributed by atoms with Crippen LogP contribution in [0.1, 0.15) is 13.8 Å². The highest BCUT2D eigenvalue weighted by Crippen LogP contribution is 2.30. The number of sulfone groups is 1. The topological polar surface area (TPSA) is 127 Å². The summed E-state index contributed by atoms with van der Waals surface area (Å²) in [6, 6.07) is 7.04. The summed E-state index contributed by atoms with van der Waals surface area (Å²) in [7, 11) is -4.14. The van der Waals surface area contributed by atoms with Crippen molar-refractivity contribution in [3.8, 4) is 0 Å². The number of benzene rings is 2. The van der Waals surface area contributed by atoms with Gasteiger partial charge in [0.05, 0.1) is 37.4 Å². The fraction of sp³-hybridized carbons (Fsp3) is 0.211. The van der Waals surface area contributed by atoms with Gasteiger partial charge >= 0.3 is 5.69 Å². The van der Waals surface area contributed by atoms with E-state index in [1.807, 2.05) is 13.8 Å². The molecule has 4 aromatic rings. The minimum absolute atomic E-state index is 0.0295. The van der Waals surface area contributed by atoms with Gasteiger partial charge in [-0.25, -0.2) is 13.2 Å². The van der Waals surface area contributed by atoms with E-state index < -0.39 is 21.1 Å². The van der Waals surface area contributed by atoms with Gasteiger partial charge in [-0.1, -0.05) is 30.2 Å². The first kappa shape index (κ1) is 20.2. The minimum atomic E-state index is -4.14. The Morgan fingerprint density at radius 1 is 1.20 bits per heavy atom. The van der Waals surface area contributed by atoms with Gasteiger partial charge in [-0.3, -0.25) is 9.48 Å². The first-order valence-corrected chi connectivity index (χ1v) is 10.8. The molecule has 0 amide bonds. The average molecular weight is 449 g/mol. The lowest BCUT2D eigenvalue weighted by Crippen LogP contribution is -2.33. The highest BCUT2D eigenvalue weighted by atomic mass is 35.5. The minimum Gasteiger partial charge on any atom is -0.421 e. The second-order valence-electron chi connectivity index (χ2n) is 7.29. The van der Waals surface area contributed by atoms with Crippen molar-refractivity contribution < 1.29 is 13.6 Å². The lowest BCUT2D eigenvalue weighted by molar-refractivity contribution is 0.162. The molecular formula is C19H17ClN4O5S. The summed E-state index contributed by atoms with van der Waals surface area (Å²) in [4.78, 5) is 26.1. The zero-order valence-corrected chi connectivity index (χ0v) is 17.5. The van der Waals surface area contributed by atoms with Crippen molar-refractivity contribution in [1.82, 2.24) is 19.5 Å². The van der Waals surface area contributed by atoms with E-state index in [0.717, 1.165) is 5.39 Å². The Kier molecular flexibility index (Phi) is 4.70. The quantitative estimate of drug-likeness (QED) is 0.461. The molecule has 9 nitrogen and oxygen atoms in total. The molecule has 0 unspecified atom stereocenters. The van der Waals surface area contributed by atoms with Crippen LogP contribution in [0.25, 0.3) is 21.8 Å². The number of fused-ring (bicyclic) bond motifs is 2. The van der Waals surface area contributed by atoms with Crippen molar-refractivity contribution in [2.24, 2.45) is 5.92 Å². The van der Waals surface area contributed by atoms with Gasteiger partial charge in [0, 0.05) is 11.9 Å². The predicted molar refractivity (Wildman–Crippen MR) is 111 cm³/mol. The number of halogens is 1. The van der Waals surface area contributed by atoms with Crippen LogP contribution in [0.4, 0.5) is 0 Å². The third-order valence-electron chi connectivity index (χ3n) is 4.70. The molecule has 0 aliphatic rings. The van der Waals surface area contributed by atoms with Gasteiger partial charge in [0.2, 0.25) is 9.84 Å². The molecule has 0 fully saturated rings. The van der Waals surface area contributed by atoms with Crippen LogP contribution in [0, 0.1) is 5.92 Å². The van der Waals surface area contributed by atoms with Gasteiger partial charge in [0.25, 0.3) is 5.56 Å². The second-order valence-corrected chi connectivity index (χ2v) is 9.61. The fourth-order valence-corrected chi connectivity index (χ4v) is 4.98. The van der Waals surface area contributed by atoms with Crippen LogP contribution in [0.3, 0.4) is 0 Å². The normalized spacial score (nSPS) is 12.3. The molecule has 2 heterocycles. The number of hydrogen-bond donors (Lipinski definition) is 2. The Balaban J connectivity index is 1.99. The van der Waals surface area contributed by atoms with Gasteiger partial charge in [-0.2, -0.15) is 5.10 Å². The van der Waals surface area contributed by atoms with Crippen LogP contribution in [-0.2, 0) is 16.4 Å². The highest BCUT2D eigenvalue weighted by Gasteiger charge is 2.25. The molecule has 2 aromatic heterocycles. The summed E-state index contributed by atoms with van der Waals surface area (Å²) in [5.41, 5.74) is -1.90. The van der Waals surface area contributed by atoms with E-state index in [9.17, 15) is 23.2 Å². The Morgan fingerprint density at radius 2 is 1.93 bits per heavy atom. The van der Waals surface area contributed by atoms with Crippen LogP contribution < -0.4 is 11.2 Å². The Hall–Kier alpha value is -3.11. The summed E-state index contributed by atoms with van der Waals surface area (Å²) in [6.07, 6.45) is 1.66. The predicted octanol–water partition coefficient (Wildman–Crippen LogP) is 2.42. The second kappa shape index (κ2) is 6.99. The molecule has 30 heavy (non-hydrogen) atoms. The van der Waals surface area contributed by atoms with E-state index in [0.29, 0.717) is 18.0 Å². The lowest BCUT2D eigenvalue weighted by Gasteiger charge is -2.11. The number of aromatic nitrogens is 4. The largest absolute Gasteiger partial charge is 0.421 e. The van der Waals surface area contributed by atoms with Gasteiger partial charge in [0.1, 0.15) is 0 Å². The number of nitrogens with one attached hydrogen (secondary N) is 1. The van der Waals surface area contributed by atoms with Gasteiger partial charge in [-0.05, 0) is 36.2 Å². The maximum absolute atomic E-state index is 13.4. The molecule has 4 rings (SSSR count). The van der Waals surface area contributed by atoms with E-state index in [2.05, 4.69) is 10.1 Å². The molecule has 2 aromatic carbocycles. The first-order valence-electron chi connectivity index (χ1n) is 8.98. The maximum Gasteiger partial charge on any atom is 0.362 e. The molecule has 0 aliphatic heterocycles. The van der Waals surface area contributed by atoms with E-state index in [-0.39, 0.29) is 30.4 Å². The Labute approximate surface area is 175 Å². The summed E-state index contributed by atoms with van der Waals surface area (Å²) in [5, 5.41) is 14.3. The molecule has 0 spiro atoms. The van der Waals surface area contributed by atoms with Crippen LogP contribution in [0.15, 0.2) is 55.9 Å². The van der Waals surface area contributed by atoms with Gasteiger partial charge < -0.3 is 10.2 Å². The molecule has 0 bridgehead atoms. The number of hydrogen-bond acceptors (Lipinski definition) is 6. The maximum atomic E-state index is 13.4. The summed E-state index contributed by atoms with van der Waals surface area (Å²) in [5.74, 6) is 0.305. The zero-order chi connectivity index (χ0) is 21.8. The monoisotopic (exact) mass is 448 g/mol. The van der Waals surface area contributed by atoms with Crippen molar-refractivity contribution in [2.75, 3.05) is 0 Å². The number of nitrogens with zero attached hydrogens (tertiary/aromatic N) is 3. The summed E-state index contributed by atoms with van der Waals surface area (Å²) >= 11 is 6.03.